The first-order valence-electron chi connectivity index (χ1n) is 6.98. The fourth-order valence-corrected chi connectivity index (χ4v) is 2.31. The Morgan fingerprint density at radius 3 is 2.68 bits per heavy atom. The van der Waals surface area contributed by atoms with Crippen LogP contribution in [0.2, 0.25) is 0 Å². The molecule has 0 fully saturated rings. The summed E-state index contributed by atoms with van der Waals surface area (Å²) in [6, 6.07) is 16.6. The number of carbonyl (C=O) groups is 2. The van der Waals surface area contributed by atoms with Gasteiger partial charge in [-0.1, -0.05) is 48.5 Å². The molecule has 1 atom stereocenters. The number of carbonyl (C=O) groups excluding carboxylic acids is 2. The first-order valence-corrected chi connectivity index (χ1v) is 6.98. The zero-order valence-corrected chi connectivity index (χ0v) is 11.8. The van der Waals surface area contributed by atoms with Gasteiger partial charge in [-0.25, -0.2) is 10.3 Å². The highest BCUT2D eigenvalue weighted by Crippen LogP contribution is 2.20. The van der Waals surface area contributed by atoms with Crippen LogP contribution >= 0.6 is 0 Å². The van der Waals surface area contributed by atoms with Crippen molar-refractivity contribution >= 4 is 11.9 Å². The first-order chi connectivity index (χ1) is 10.7. The van der Waals surface area contributed by atoms with Crippen LogP contribution in [0.3, 0.4) is 0 Å². The number of hydrogen-bond acceptors (Lipinski definition) is 4. The van der Waals surface area contributed by atoms with Crippen LogP contribution in [0.5, 0.6) is 0 Å². The van der Waals surface area contributed by atoms with Crippen molar-refractivity contribution < 1.29 is 19.2 Å². The van der Waals surface area contributed by atoms with E-state index in [0.29, 0.717) is 12.0 Å². The molecule has 0 aromatic heterocycles. The maximum atomic E-state index is 12.0. The molecule has 0 saturated heterocycles. The molecule has 3 rings (SSSR count). The molecule has 2 aromatic carbocycles. The molecule has 0 bridgehead atoms. The van der Waals surface area contributed by atoms with Gasteiger partial charge in [-0.15, -0.1) is 0 Å². The summed E-state index contributed by atoms with van der Waals surface area (Å²) in [5, 5.41) is 0. The van der Waals surface area contributed by atoms with E-state index in [0.717, 1.165) is 11.1 Å². The lowest BCUT2D eigenvalue weighted by Crippen LogP contribution is -2.41. The van der Waals surface area contributed by atoms with E-state index in [1.54, 1.807) is 12.1 Å². The van der Waals surface area contributed by atoms with Crippen LogP contribution in [-0.2, 0) is 27.4 Å². The van der Waals surface area contributed by atoms with Crippen molar-refractivity contribution in [1.82, 2.24) is 5.48 Å². The first kappa shape index (κ1) is 14.3. The maximum absolute atomic E-state index is 12.0. The zero-order valence-electron chi connectivity index (χ0n) is 11.8. The number of rotatable bonds is 4. The highest BCUT2D eigenvalue weighted by molar-refractivity contribution is 5.95. The van der Waals surface area contributed by atoms with Crippen molar-refractivity contribution in [3.8, 4) is 0 Å². The van der Waals surface area contributed by atoms with Crippen molar-refractivity contribution in [2.75, 3.05) is 0 Å². The molecule has 5 heteroatoms. The lowest BCUT2D eigenvalue weighted by molar-refractivity contribution is -0.144. The van der Waals surface area contributed by atoms with Crippen LogP contribution in [-0.4, -0.2) is 18.0 Å². The van der Waals surface area contributed by atoms with Crippen molar-refractivity contribution in [2.45, 2.75) is 19.1 Å². The molecule has 1 unspecified atom stereocenters. The molecule has 1 aliphatic heterocycles. The molecule has 5 nitrogen and oxygen atoms in total. The standard InChI is InChI=1S/C17H15NO4/c19-16(18-21-11-12-6-2-1-3-7-12)15-10-13-8-4-5-9-14(13)17(20)22-15/h1-9,15H,10-11H2,(H,18,19). The van der Waals surface area contributed by atoms with E-state index in [1.165, 1.54) is 0 Å². The topological polar surface area (TPSA) is 64.6 Å². The average molecular weight is 297 g/mol. The Balaban J connectivity index is 1.56. The van der Waals surface area contributed by atoms with Crippen molar-refractivity contribution in [3.05, 3.63) is 71.3 Å². The van der Waals surface area contributed by atoms with Crippen LogP contribution in [0, 0.1) is 0 Å². The van der Waals surface area contributed by atoms with Gasteiger partial charge in [-0.05, 0) is 17.2 Å². The number of benzene rings is 2. The SMILES string of the molecule is O=C1OC(C(=O)NOCc2ccccc2)Cc2ccccc21. The number of cyclic esters (lactones) is 1. The lowest BCUT2D eigenvalue weighted by Gasteiger charge is -2.23. The fraction of sp³-hybridized carbons (Fsp3) is 0.176. The molecule has 0 radical (unpaired) electrons. The summed E-state index contributed by atoms with van der Waals surface area (Å²) in [4.78, 5) is 29.1. The molecule has 1 N–H and O–H groups in total. The minimum atomic E-state index is -0.863. The van der Waals surface area contributed by atoms with Gasteiger partial charge in [0.2, 0.25) is 0 Å². The summed E-state index contributed by atoms with van der Waals surface area (Å²) in [7, 11) is 0. The van der Waals surface area contributed by atoms with Crippen LogP contribution in [0.4, 0.5) is 0 Å². The Kier molecular flexibility index (Phi) is 4.16. The van der Waals surface area contributed by atoms with E-state index in [2.05, 4.69) is 5.48 Å². The second-order valence-corrected chi connectivity index (χ2v) is 5.00. The van der Waals surface area contributed by atoms with E-state index >= 15 is 0 Å². The van der Waals surface area contributed by atoms with E-state index < -0.39 is 18.0 Å². The maximum Gasteiger partial charge on any atom is 0.339 e. The zero-order chi connectivity index (χ0) is 15.4. The largest absolute Gasteiger partial charge is 0.448 e. The van der Waals surface area contributed by atoms with Gasteiger partial charge in [0.15, 0.2) is 6.10 Å². The van der Waals surface area contributed by atoms with Crippen molar-refractivity contribution in [3.63, 3.8) is 0 Å². The van der Waals surface area contributed by atoms with Gasteiger partial charge in [0, 0.05) is 6.42 Å². The number of amides is 1. The molecule has 1 amide bonds. The summed E-state index contributed by atoms with van der Waals surface area (Å²) in [6.07, 6.45) is -0.513. The van der Waals surface area contributed by atoms with Gasteiger partial charge < -0.3 is 4.74 Å². The second-order valence-electron chi connectivity index (χ2n) is 5.00. The number of ether oxygens (including phenoxy) is 1. The predicted molar refractivity (Wildman–Crippen MR) is 78.7 cm³/mol. The molecule has 2 aromatic rings. The molecule has 22 heavy (non-hydrogen) atoms. The molecule has 0 saturated carbocycles. The molecule has 0 aliphatic carbocycles. The Labute approximate surface area is 127 Å². The number of nitrogens with one attached hydrogen (secondary N) is 1. The monoisotopic (exact) mass is 297 g/mol. The predicted octanol–water partition coefficient (Wildman–Crippen LogP) is 2.02. The van der Waals surface area contributed by atoms with Gasteiger partial charge in [-0.2, -0.15) is 0 Å². The number of hydroxylamine groups is 1. The second kappa shape index (κ2) is 6.41. The number of fused-ring (bicyclic) bond motifs is 1. The van der Waals surface area contributed by atoms with Crippen molar-refractivity contribution in [2.24, 2.45) is 0 Å². The van der Waals surface area contributed by atoms with Gasteiger partial charge >= 0.3 is 5.97 Å². The van der Waals surface area contributed by atoms with Gasteiger partial charge in [0.1, 0.15) is 0 Å². The minimum absolute atomic E-state index is 0.254. The van der Waals surface area contributed by atoms with Crippen molar-refractivity contribution in [1.29, 1.82) is 0 Å². The van der Waals surface area contributed by atoms with Crippen LogP contribution in [0.25, 0.3) is 0 Å². The summed E-state index contributed by atoms with van der Waals surface area (Å²) in [6.45, 7) is 0.254. The normalized spacial score (nSPS) is 16.5. The minimum Gasteiger partial charge on any atom is -0.448 e. The molecule has 1 aliphatic rings. The van der Waals surface area contributed by atoms with E-state index in [-0.39, 0.29) is 6.61 Å². The quantitative estimate of drug-likeness (QED) is 0.692. The number of hydrogen-bond donors (Lipinski definition) is 1. The summed E-state index contributed by atoms with van der Waals surface area (Å²) in [5.74, 6) is -0.941. The Bertz CT molecular complexity index is 684. The highest BCUT2D eigenvalue weighted by atomic mass is 16.7. The summed E-state index contributed by atoms with van der Waals surface area (Å²) < 4.78 is 5.15. The third-order valence-electron chi connectivity index (χ3n) is 3.44. The van der Waals surface area contributed by atoms with Crippen LogP contribution in [0.15, 0.2) is 54.6 Å². The molecular formula is C17H15NO4. The number of esters is 1. The lowest BCUT2D eigenvalue weighted by atomic mass is 9.98. The van der Waals surface area contributed by atoms with Gasteiger partial charge in [-0.3, -0.25) is 9.63 Å². The molecule has 1 heterocycles. The Hall–Kier alpha value is -2.66. The van der Waals surface area contributed by atoms with E-state index in [1.807, 2.05) is 42.5 Å². The summed E-state index contributed by atoms with van der Waals surface area (Å²) >= 11 is 0. The third kappa shape index (κ3) is 3.15. The summed E-state index contributed by atoms with van der Waals surface area (Å²) in [5.41, 5.74) is 4.59. The van der Waals surface area contributed by atoms with Gasteiger partial charge in [0.25, 0.3) is 5.91 Å². The Morgan fingerprint density at radius 2 is 1.86 bits per heavy atom. The Morgan fingerprint density at radius 1 is 1.14 bits per heavy atom. The highest BCUT2D eigenvalue weighted by Gasteiger charge is 2.31. The third-order valence-corrected chi connectivity index (χ3v) is 3.44. The van der Waals surface area contributed by atoms with E-state index in [9.17, 15) is 9.59 Å². The average Bonchev–Trinajstić information content (AvgIpc) is 2.56. The molecule has 0 spiro atoms. The van der Waals surface area contributed by atoms with Crippen LogP contribution in [0.1, 0.15) is 21.5 Å². The van der Waals surface area contributed by atoms with E-state index in [4.69, 9.17) is 9.57 Å². The van der Waals surface area contributed by atoms with Crippen LogP contribution < -0.4 is 5.48 Å². The molecule has 112 valence electrons. The fourth-order valence-electron chi connectivity index (χ4n) is 2.31. The van der Waals surface area contributed by atoms with Gasteiger partial charge in [0.05, 0.1) is 12.2 Å². The molecular weight excluding hydrogens is 282 g/mol. The smallest absolute Gasteiger partial charge is 0.339 e.